The van der Waals surface area contributed by atoms with Crippen LogP contribution in [-0.4, -0.2) is 11.9 Å². The SMILES string of the molecule is Cc1csc(CC(=O)NC(C)C)c1. The summed E-state index contributed by atoms with van der Waals surface area (Å²) in [5.74, 6) is 0.108. The van der Waals surface area contributed by atoms with Crippen LogP contribution in [0.15, 0.2) is 11.4 Å². The number of amides is 1. The second-order valence-corrected chi connectivity index (χ2v) is 4.49. The van der Waals surface area contributed by atoms with Crippen LogP contribution < -0.4 is 5.32 Å². The zero-order valence-electron chi connectivity index (χ0n) is 8.26. The number of hydrogen-bond donors (Lipinski definition) is 1. The lowest BCUT2D eigenvalue weighted by atomic mass is 10.2. The van der Waals surface area contributed by atoms with Crippen molar-refractivity contribution in [3.63, 3.8) is 0 Å². The van der Waals surface area contributed by atoms with E-state index in [1.54, 1.807) is 11.3 Å². The highest BCUT2D eigenvalue weighted by Gasteiger charge is 2.05. The molecule has 13 heavy (non-hydrogen) atoms. The summed E-state index contributed by atoms with van der Waals surface area (Å²) in [6.07, 6.45) is 0.511. The third-order valence-corrected chi connectivity index (χ3v) is 2.62. The van der Waals surface area contributed by atoms with Crippen molar-refractivity contribution in [2.24, 2.45) is 0 Å². The Labute approximate surface area is 83.0 Å². The van der Waals surface area contributed by atoms with Crippen molar-refractivity contribution in [1.82, 2.24) is 5.32 Å². The predicted molar refractivity (Wildman–Crippen MR) is 56.0 cm³/mol. The Kier molecular flexibility index (Phi) is 3.48. The standard InChI is InChI=1S/C10H15NOS/c1-7(2)11-10(12)5-9-4-8(3)6-13-9/h4,6-7H,5H2,1-3H3,(H,11,12). The molecule has 0 radical (unpaired) electrons. The minimum atomic E-state index is 0.108. The lowest BCUT2D eigenvalue weighted by Crippen LogP contribution is -2.31. The molecule has 0 fully saturated rings. The lowest BCUT2D eigenvalue weighted by molar-refractivity contribution is -0.120. The van der Waals surface area contributed by atoms with Gasteiger partial charge in [-0.2, -0.15) is 0 Å². The maximum Gasteiger partial charge on any atom is 0.225 e. The zero-order chi connectivity index (χ0) is 9.84. The average molecular weight is 197 g/mol. The minimum absolute atomic E-state index is 0.108. The number of rotatable bonds is 3. The normalized spacial score (nSPS) is 10.5. The average Bonchev–Trinajstić information content (AvgIpc) is 2.33. The molecule has 0 aliphatic carbocycles. The second-order valence-electron chi connectivity index (χ2n) is 3.49. The van der Waals surface area contributed by atoms with Crippen molar-refractivity contribution in [1.29, 1.82) is 0 Å². The van der Waals surface area contributed by atoms with E-state index >= 15 is 0 Å². The molecule has 0 saturated carbocycles. The summed E-state index contributed by atoms with van der Waals surface area (Å²) in [5, 5.41) is 4.94. The Morgan fingerprint density at radius 1 is 1.62 bits per heavy atom. The molecular weight excluding hydrogens is 182 g/mol. The number of thiophene rings is 1. The molecule has 3 heteroatoms. The number of hydrogen-bond acceptors (Lipinski definition) is 2. The van der Waals surface area contributed by atoms with Gasteiger partial charge >= 0.3 is 0 Å². The van der Waals surface area contributed by atoms with Gasteiger partial charge in [-0.05, 0) is 37.8 Å². The number of nitrogens with one attached hydrogen (secondary N) is 1. The molecule has 1 amide bonds. The van der Waals surface area contributed by atoms with Gasteiger partial charge in [-0.3, -0.25) is 4.79 Å². The third kappa shape index (κ3) is 3.59. The molecule has 0 atom stereocenters. The van der Waals surface area contributed by atoms with Gasteiger partial charge < -0.3 is 5.32 Å². The summed E-state index contributed by atoms with van der Waals surface area (Å²) < 4.78 is 0. The summed E-state index contributed by atoms with van der Waals surface area (Å²) in [6, 6.07) is 2.29. The molecule has 0 unspecified atom stereocenters. The first-order chi connectivity index (χ1) is 6.08. The number of aryl methyl sites for hydroxylation is 1. The molecule has 0 aliphatic heterocycles. The van der Waals surface area contributed by atoms with Gasteiger partial charge in [-0.25, -0.2) is 0 Å². The quantitative estimate of drug-likeness (QED) is 0.790. The molecule has 1 aromatic rings. The fraction of sp³-hybridized carbons (Fsp3) is 0.500. The molecule has 0 aliphatic rings. The van der Waals surface area contributed by atoms with Gasteiger partial charge in [-0.1, -0.05) is 0 Å². The fourth-order valence-corrected chi connectivity index (χ4v) is 1.99. The van der Waals surface area contributed by atoms with Crippen molar-refractivity contribution < 1.29 is 4.79 Å². The summed E-state index contributed by atoms with van der Waals surface area (Å²) >= 11 is 1.64. The highest BCUT2D eigenvalue weighted by Crippen LogP contribution is 2.13. The Morgan fingerprint density at radius 3 is 2.77 bits per heavy atom. The molecule has 0 bridgehead atoms. The predicted octanol–water partition coefficient (Wildman–Crippen LogP) is 2.12. The molecule has 72 valence electrons. The van der Waals surface area contributed by atoms with Crippen LogP contribution in [0.2, 0.25) is 0 Å². The molecule has 2 nitrogen and oxygen atoms in total. The molecule has 1 N–H and O–H groups in total. The molecule has 0 spiro atoms. The van der Waals surface area contributed by atoms with E-state index < -0.39 is 0 Å². The first kappa shape index (κ1) is 10.3. The largest absolute Gasteiger partial charge is 0.354 e. The van der Waals surface area contributed by atoms with Gasteiger partial charge in [-0.15, -0.1) is 11.3 Å². The molecule has 1 rings (SSSR count). The molecule has 0 saturated heterocycles. The molecule has 1 aromatic heterocycles. The summed E-state index contributed by atoms with van der Waals surface area (Å²) in [5.41, 5.74) is 1.23. The van der Waals surface area contributed by atoms with E-state index in [9.17, 15) is 4.79 Å². The van der Waals surface area contributed by atoms with Crippen LogP contribution in [-0.2, 0) is 11.2 Å². The van der Waals surface area contributed by atoms with Gasteiger partial charge in [0.2, 0.25) is 5.91 Å². The van der Waals surface area contributed by atoms with E-state index in [1.807, 2.05) is 20.8 Å². The number of carbonyl (C=O) groups is 1. The molecule has 1 heterocycles. The number of carbonyl (C=O) groups excluding carboxylic acids is 1. The van der Waals surface area contributed by atoms with Crippen LogP contribution >= 0.6 is 11.3 Å². The summed E-state index contributed by atoms with van der Waals surface area (Å²) in [7, 11) is 0. The van der Waals surface area contributed by atoms with Crippen LogP contribution in [0.4, 0.5) is 0 Å². The first-order valence-electron chi connectivity index (χ1n) is 4.41. The van der Waals surface area contributed by atoms with E-state index in [0.29, 0.717) is 6.42 Å². The fourth-order valence-electron chi connectivity index (χ4n) is 1.11. The highest BCUT2D eigenvalue weighted by molar-refractivity contribution is 7.10. The highest BCUT2D eigenvalue weighted by atomic mass is 32.1. The van der Waals surface area contributed by atoms with E-state index in [0.717, 1.165) is 4.88 Å². The Balaban J connectivity index is 2.45. The monoisotopic (exact) mass is 197 g/mol. The smallest absolute Gasteiger partial charge is 0.225 e. The maximum atomic E-state index is 11.3. The van der Waals surface area contributed by atoms with Gasteiger partial charge in [0.25, 0.3) is 0 Å². The third-order valence-electron chi connectivity index (χ3n) is 1.57. The second kappa shape index (κ2) is 4.42. The summed E-state index contributed by atoms with van der Waals surface area (Å²) in [4.78, 5) is 12.5. The zero-order valence-corrected chi connectivity index (χ0v) is 9.07. The van der Waals surface area contributed by atoms with Crippen LogP contribution in [0.3, 0.4) is 0 Å². The Bertz CT molecular complexity index is 291. The Hall–Kier alpha value is -0.830. The van der Waals surface area contributed by atoms with Gasteiger partial charge in [0.15, 0.2) is 0 Å². The van der Waals surface area contributed by atoms with Crippen LogP contribution in [0, 0.1) is 6.92 Å². The van der Waals surface area contributed by atoms with Gasteiger partial charge in [0.05, 0.1) is 6.42 Å². The van der Waals surface area contributed by atoms with Crippen LogP contribution in [0.5, 0.6) is 0 Å². The van der Waals surface area contributed by atoms with Crippen molar-refractivity contribution in [2.75, 3.05) is 0 Å². The van der Waals surface area contributed by atoms with Crippen LogP contribution in [0.25, 0.3) is 0 Å². The van der Waals surface area contributed by atoms with Crippen molar-refractivity contribution in [3.8, 4) is 0 Å². The van der Waals surface area contributed by atoms with Gasteiger partial charge in [0.1, 0.15) is 0 Å². The minimum Gasteiger partial charge on any atom is -0.354 e. The van der Waals surface area contributed by atoms with E-state index in [4.69, 9.17) is 0 Å². The molecule has 0 aromatic carbocycles. The maximum absolute atomic E-state index is 11.3. The Morgan fingerprint density at radius 2 is 2.31 bits per heavy atom. The van der Waals surface area contributed by atoms with E-state index in [2.05, 4.69) is 16.8 Å². The summed E-state index contributed by atoms with van der Waals surface area (Å²) in [6.45, 7) is 5.98. The first-order valence-corrected chi connectivity index (χ1v) is 5.29. The van der Waals surface area contributed by atoms with E-state index in [1.165, 1.54) is 5.56 Å². The lowest BCUT2D eigenvalue weighted by Gasteiger charge is -2.06. The topological polar surface area (TPSA) is 29.1 Å². The molecular formula is C10H15NOS. The van der Waals surface area contributed by atoms with Gasteiger partial charge in [0, 0.05) is 10.9 Å². The van der Waals surface area contributed by atoms with Crippen molar-refractivity contribution in [3.05, 3.63) is 21.9 Å². The van der Waals surface area contributed by atoms with Crippen molar-refractivity contribution >= 4 is 17.2 Å². The van der Waals surface area contributed by atoms with E-state index in [-0.39, 0.29) is 11.9 Å². The van der Waals surface area contributed by atoms with Crippen molar-refractivity contribution in [2.45, 2.75) is 33.2 Å². The van der Waals surface area contributed by atoms with Crippen LogP contribution in [0.1, 0.15) is 24.3 Å².